The number of carbonyl (C=O) groups excluding carboxylic acids is 1. The first-order valence-electron chi connectivity index (χ1n) is 3.85. The molecule has 0 aliphatic rings. The number of halogens is 1. The summed E-state index contributed by atoms with van der Waals surface area (Å²) < 4.78 is 5.86. The molecule has 0 aliphatic carbocycles. The van der Waals surface area contributed by atoms with Crippen LogP contribution in [0.15, 0.2) is 16.7 Å². The van der Waals surface area contributed by atoms with E-state index in [0.717, 1.165) is 4.47 Å². The topological polar surface area (TPSA) is 63.2 Å². The summed E-state index contributed by atoms with van der Waals surface area (Å²) in [4.78, 5) is 14.7. The highest BCUT2D eigenvalue weighted by Crippen LogP contribution is 2.24. The van der Waals surface area contributed by atoms with Gasteiger partial charge in [0, 0.05) is 17.6 Å². The van der Waals surface area contributed by atoms with Gasteiger partial charge in [-0.15, -0.1) is 0 Å². The number of nitrogens with zero attached hydrogens (tertiary/aromatic N) is 1. The van der Waals surface area contributed by atoms with Crippen molar-refractivity contribution in [1.29, 1.82) is 0 Å². The van der Waals surface area contributed by atoms with Crippen molar-refractivity contribution in [2.24, 2.45) is 0 Å². The van der Waals surface area contributed by atoms with Crippen LogP contribution >= 0.6 is 15.9 Å². The van der Waals surface area contributed by atoms with Crippen molar-refractivity contribution in [3.63, 3.8) is 0 Å². The number of nitrogens with one attached hydrogen (secondary N) is 2. The first kappa shape index (κ1) is 10.8. The maximum Gasteiger partial charge on any atom is 0.235 e. The number of hydrogen-bond donors (Lipinski definition) is 2. The number of hydrogen-bond acceptors (Lipinski definition) is 4. The molecule has 0 radical (unpaired) electrons. The predicted octanol–water partition coefficient (Wildman–Crippen LogP) is 1.32. The summed E-state index contributed by atoms with van der Waals surface area (Å²) in [5, 5.41) is 0. The fraction of sp³-hybridized carbons (Fsp3) is 0.250. The molecule has 0 unspecified atom stereocenters. The van der Waals surface area contributed by atoms with Gasteiger partial charge in [0.2, 0.25) is 5.91 Å². The zero-order chi connectivity index (χ0) is 10.6. The summed E-state index contributed by atoms with van der Waals surface area (Å²) in [6, 6.07) is 1.75. The number of aromatic nitrogens is 1. The Morgan fingerprint density at radius 3 is 2.93 bits per heavy atom. The fourth-order valence-corrected chi connectivity index (χ4v) is 1.13. The number of anilines is 1. The van der Waals surface area contributed by atoms with Crippen molar-refractivity contribution in [3.05, 3.63) is 16.7 Å². The lowest BCUT2D eigenvalue weighted by Crippen LogP contribution is -2.27. The van der Waals surface area contributed by atoms with E-state index in [1.165, 1.54) is 14.0 Å². The van der Waals surface area contributed by atoms with Crippen LogP contribution in [0, 0.1) is 0 Å². The standard InChI is InChI=1S/C8H10BrN3O2/c1-5(13)11-12-8-7(14-2)3-6(9)4-10-8/h3-4H,1-2H3,(H,10,12)(H,11,13). The molecule has 0 aromatic carbocycles. The van der Waals surface area contributed by atoms with Crippen LogP contribution < -0.4 is 15.6 Å². The van der Waals surface area contributed by atoms with E-state index >= 15 is 0 Å². The van der Waals surface area contributed by atoms with Gasteiger partial charge in [-0.2, -0.15) is 0 Å². The molecule has 0 aliphatic heterocycles. The Hall–Kier alpha value is -1.30. The van der Waals surface area contributed by atoms with Crippen LogP contribution in [0.1, 0.15) is 6.92 Å². The Balaban J connectivity index is 2.80. The molecule has 76 valence electrons. The number of rotatable bonds is 3. The maximum atomic E-state index is 10.6. The lowest BCUT2D eigenvalue weighted by atomic mass is 10.4. The van der Waals surface area contributed by atoms with Crippen molar-refractivity contribution in [3.8, 4) is 5.75 Å². The average molecular weight is 260 g/mol. The van der Waals surface area contributed by atoms with Gasteiger partial charge in [-0.3, -0.25) is 15.6 Å². The molecule has 1 aromatic rings. The normalized spacial score (nSPS) is 9.36. The monoisotopic (exact) mass is 259 g/mol. The van der Waals surface area contributed by atoms with Crippen LogP contribution in [-0.2, 0) is 4.79 Å². The minimum Gasteiger partial charge on any atom is -0.493 e. The Morgan fingerprint density at radius 1 is 1.64 bits per heavy atom. The van der Waals surface area contributed by atoms with Crippen LogP contribution in [0.2, 0.25) is 0 Å². The Kier molecular flexibility index (Phi) is 3.70. The smallest absolute Gasteiger partial charge is 0.235 e. The van der Waals surface area contributed by atoms with E-state index in [9.17, 15) is 4.79 Å². The number of carbonyl (C=O) groups is 1. The second kappa shape index (κ2) is 4.80. The zero-order valence-electron chi connectivity index (χ0n) is 7.80. The minimum absolute atomic E-state index is 0.197. The van der Waals surface area contributed by atoms with Gasteiger partial charge in [-0.25, -0.2) is 4.98 Å². The third-order valence-corrected chi connectivity index (χ3v) is 1.83. The molecule has 0 saturated heterocycles. The summed E-state index contributed by atoms with van der Waals surface area (Å²) in [6.45, 7) is 1.40. The molecule has 5 nitrogen and oxygen atoms in total. The van der Waals surface area contributed by atoms with Crippen LogP contribution in [0.5, 0.6) is 5.75 Å². The molecule has 1 amide bonds. The zero-order valence-corrected chi connectivity index (χ0v) is 9.38. The first-order chi connectivity index (χ1) is 6.63. The molecular formula is C8H10BrN3O2. The van der Waals surface area contributed by atoms with Gasteiger partial charge in [-0.1, -0.05) is 0 Å². The van der Waals surface area contributed by atoms with Crippen molar-refractivity contribution >= 4 is 27.7 Å². The Bertz CT molecular complexity index is 343. The van der Waals surface area contributed by atoms with Crippen LogP contribution in [-0.4, -0.2) is 18.0 Å². The molecule has 14 heavy (non-hydrogen) atoms. The molecule has 0 saturated carbocycles. The van der Waals surface area contributed by atoms with Gasteiger partial charge in [0.15, 0.2) is 11.6 Å². The number of amides is 1. The van der Waals surface area contributed by atoms with Gasteiger partial charge >= 0.3 is 0 Å². The highest BCUT2D eigenvalue weighted by Gasteiger charge is 2.04. The summed E-state index contributed by atoms with van der Waals surface area (Å²) in [5.41, 5.74) is 5.04. The van der Waals surface area contributed by atoms with Crippen molar-refractivity contribution in [1.82, 2.24) is 10.4 Å². The van der Waals surface area contributed by atoms with E-state index in [1.807, 2.05) is 0 Å². The van der Waals surface area contributed by atoms with Crippen molar-refractivity contribution < 1.29 is 9.53 Å². The molecule has 0 atom stereocenters. The Labute approximate surface area is 90.0 Å². The summed E-state index contributed by atoms with van der Waals surface area (Å²) >= 11 is 3.26. The number of ether oxygens (including phenoxy) is 1. The quantitative estimate of drug-likeness (QED) is 0.804. The molecule has 0 bridgehead atoms. The van der Waals surface area contributed by atoms with Gasteiger partial charge in [0.05, 0.1) is 7.11 Å². The van der Waals surface area contributed by atoms with E-state index in [0.29, 0.717) is 11.6 Å². The molecule has 1 rings (SSSR count). The van der Waals surface area contributed by atoms with Crippen LogP contribution in [0.25, 0.3) is 0 Å². The number of pyridine rings is 1. The summed E-state index contributed by atoms with van der Waals surface area (Å²) in [5.74, 6) is 0.816. The predicted molar refractivity (Wildman–Crippen MR) is 55.9 cm³/mol. The van der Waals surface area contributed by atoms with E-state index in [2.05, 4.69) is 31.8 Å². The largest absolute Gasteiger partial charge is 0.493 e. The SMILES string of the molecule is COc1cc(Br)cnc1NNC(C)=O. The van der Waals surface area contributed by atoms with Crippen LogP contribution in [0.4, 0.5) is 5.82 Å². The maximum absolute atomic E-state index is 10.6. The van der Waals surface area contributed by atoms with Crippen LogP contribution in [0.3, 0.4) is 0 Å². The lowest BCUT2D eigenvalue weighted by Gasteiger charge is -2.09. The van der Waals surface area contributed by atoms with Gasteiger partial charge < -0.3 is 4.74 Å². The molecule has 0 spiro atoms. The van der Waals surface area contributed by atoms with E-state index in [4.69, 9.17) is 4.74 Å². The highest BCUT2D eigenvalue weighted by molar-refractivity contribution is 9.10. The fourth-order valence-electron chi connectivity index (χ4n) is 0.817. The molecule has 1 aromatic heterocycles. The van der Waals surface area contributed by atoms with Crippen molar-refractivity contribution in [2.45, 2.75) is 6.92 Å². The molecular weight excluding hydrogens is 250 g/mol. The second-order valence-electron chi connectivity index (χ2n) is 2.51. The summed E-state index contributed by atoms with van der Waals surface area (Å²) in [7, 11) is 1.53. The highest BCUT2D eigenvalue weighted by atomic mass is 79.9. The second-order valence-corrected chi connectivity index (χ2v) is 3.43. The van der Waals surface area contributed by atoms with E-state index in [-0.39, 0.29) is 5.91 Å². The molecule has 0 fully saturated rings. The van der Waals surface area contributed by atoms with E-state index in [1.54, 1.807) is 12.3 Å². The lowest BCUT2D eigenvalue weighted by molar-refractivity contribution is -0.118. The minimum atomic E-state index is -0.197. The first-order valence-corrected chi connectivity index (χ1v) is 4.65. The van der Waals surface area contributed by atoms with E-state index < -0.39 is 0 Å². The average Bonchev–Trinajstić information content (AvgIpc) is 2.15. The third-order valence-electron chi connectivity index (χ3n) is 1.40. The third kappa shape index (κ3) is 2.88. The van der Waals surface area contributed by atoms with Gasteiger partial charge in [0.1, 0.15) is 0 Å². The molecule has 1 heterocycles. The Morgan fingerprint density at radius 2 is 2.36 bits per heavy atom. The number of methoxy groups -OCH3 is 1. The molecule has 2 N–H and O–H groups in total. The van der Waals surface area contributed by atoms with Gasteiger partial charge in [-0.05, 0) is 22.0 Å². The molecule has 6 heteroatoms. The number of hydrazine groups is 1. The van der Waals surface area contributed by atoms with Crippen molar-refractivity contribution in [2.75, 3.05) is 12.5 Å². The van der Waals surface area contributed by atoms with Gasteiger partial charge in [0.25, 0.3) is 0 Å². The summed E-state index contributed by atoms with van der Waals surface area (Å²) in [6.07, 6.45) is 1.60.